The molecule has 0 heterocycles. The van der Waals surface area contributed by atoms with E-state index in [2.05, 4.69) is 16.0 Å². The van der Waals surface area contributed by atoms with Crippen molar-refractivity contribution in [3.63, 3.8) is 0 Å². The second-order valence-electron chi connectivity index (χ2n) is 10.4. The number of alkyl carbamates (subject to hydrolysis) is 1. The Morgan fingerprint density at radius 3 is 1.97 bits per heavy atom. The normalized spacial score (nSPS) is 12.8. The molecule has 39 heavy (non-hydrogen) atoms. The topological polar surface area (TPSA) is 180 Å². The molecule has 0 unspecified atom stereocenters. The minimum Gasteiger partial charge on any atom is -0.478 e. The molecular weight excluding hydrogens is 510 g/mol. The molecule has 218 valence electrons. The number of aliphatic carboxylic acids is 2. The number of hydrogen-bond acceptors (Lipinski definition) is 7. The van der Waals surface area contributed by atoms with Crippen molar-refractivity contribution in [2.75, 3.05) is 6.54 Å². The number of benzene rings is 1. The third-order valence-corrected chi connectivity index (χ3v) is 5.40. The summed E-state index contributed by atoms with van der Waals surface area (Å²) in [5, 5.41) is 26.1. The van der Waals surface area contributed by atoms with Crippen molar-refractivity contribution in [3.05, 3.63) is 29.8 Å². The maximum absolute atomic E-state index is 13.2. The molecule has 0 aromatic heterocycles. The van der Waals surface area contributed by atoms with Crippen LogP contribution in [0.1, 0.15) is 66.4 Å². The van der Waals surface area contributed by atoms with E-state index in [4.69, 9.17) is 19.7 Å². The molecule has 0 aliphatic heterocycles. The Bertz CT molecular complexity index is 973. The fourth-order valence-corrected chi connectivity index (χ4v) is 3.43. The molecule has 0 fully saturated rings. The van der Waals surface area contributed by atoms with Crippen LogP contribution < -0.4 is 20.7 Å². The molecule has 1 aromatic carbocycles. The maximum atomic E-state index is 13.2. The SMILES string of the molecule is CCCCCNC(=O)[C@H](Cc1ccc(OC(C(=O)O)C(=O)O)cc1)NC(=O)[C@@H](NC(=O)OC(C)(C)C)C(C)C. The van der Waals surface area contributed by atoms with Crippen molar-refractivity contribution in [3.8, 4) is 5.75 Å². The Morgan fingerprint density at radius 1 is 0.897 bits per heavy atom. The van der Waals surface area contributed by atoms with Gasteiger partial charge in [-0.3, -0.25) is 9.59 Å². The Kier molecular flexibility index (Phi) is 13.2. The summed E-state index contributed by atoms with van der Waals surface area (Å²) >= 11 is 0. The van der Waals surface area contributed by atoms with Gasteiger partial charge in [-0.05, 0) is 50.8 Å². The van der Waals surface area contributed by atoms with Gasteiger partial charge in [-0.1, -0.05) is 45.7 Å². The fourth-order valence-electron chi connectivity index (χ4n) is 3.43. The molecule has 1 rings (SSSR count). The van der Waals surface area contributed by atoms with Gasteiger partial charge < -0.3 is 35.6 Å². The zero-order valence-electron chi connectivity index (χ0n) is 23.4. The van der Waals surface area contributed by atoms with Crippen molar-refractivity contribution in [2.45, 2.75) is 91.0 Å². The van der Waals surface area contributed by atoms with E-state index in [0.29, 0.717) is 12.1 Å². The highest BCUT2D eigenvalue weighted by Gasteiger charge is 2.31. The van der Waals surface area contributed by atoms with Gasteiger partial charge in [0.2, 0.25) is 11.8 Å². The van der Waals surface area contributed by atoms with Gasteiger partial charge in [-0.25, -0.2) is 14.4 Å². The quantitative estimate of drug-likeness (QED) is 0.162. The molecule has 12 nitrogen and oxygen atoms in total. The number of amides is 3. The summed E-state index contributed by atoms with van der Waals surface area (Å²) in [6.45, 7) is 11.1. The third kappa shape index (κ3) is 12.5. The molecule has 12 heteroatoms. The van der Waals surface area contributed by atoms with Crippen LogP contribution in [-0.4, -0.2) is 70.4 Å². The smallest absolute Gasteiger partial charge is 0.408 e. The molecule has 2 atom stereocenters. The largest absolute Gasteiger partial charge is 0.478 e. The summed E-state index contributed by atoms with van der Waals surface area (Å²) < 4.78 is 10.3. The van der Waals surface area contributed by atoms with Gasteiger partial charge in [0.1, 0.15) is 23.4 Å². The first kappa shape index (κ1) is 33.2. The molecule has 0 radical (unpaired) electrons. The van der Waals surface area contributed by atoms with E-state index >= 15 is 0 Å². The monoisotopic (exact) mass is 551 g/mol. The number of unbranched alkanes of at least 4 members (excludes halogenated alkanes) is 2. The van der Waals surface area contributed by atoms with Crippen LogP contribution in [0.5, 0.6) is 5.75 Å². The first-order chi connectivity index (χ1) is 18.1. The molecule has 0 aliphatic carbocycles. The standard InChI is InChI=1S/C27H41N3O9/c1-7-8-9-14-28-22(31)19(29-23(32)20(16(2)3)30-26(37)39-27(4,5)6)15-17-10-12-18(13-11-17)38-21(24(33)34)25(35)36/h10-13,16,19-21H,7-9,14-15H2,1-6H3,(H,28,31)(H,29,32)(H,30,37)(H,33,34)(H,35,36)/t19-,20-/m0/s1. The third-order valence-electron chi connectivity index (χ3n) is 5.40. The summed E-state index contributed by atoms with van der Waals surface area (Å²) in [6, 6.07) is 3.89. The molecule has 3 amide bonds. The highest BCUT2D eigenvalue weighted by Crippen LogP contribution is 2.16. The molecule has 0 saturated heterocycles. The van der Waals surface area contributed by atoms with E-state index in [1.165, 1.54) is 12.1 Å². The molecule has 0 saturated carbocycles. The number of nitrogens with one attached hydrogen (secondary N) is 3. The van der Waals surface area contributed by atoms with E-state index in [0.717, 1.165) is 19.3 Å². The highest BCUT2D eigenvalue weighted by atomic mass is 16.6. The van der Waals surface area contributed by atoms with Crippen molar-refractivity contribution in [1.29, 1.82) is 0 Å². The Balaban J connectivity index is 3.06. The van der Waals surface area contributed by atoms with Crippen LogP contribution in [0, 0.1) is 5.92 Å². The first-order valence-electron chi connectivity index (χ1n) is 12.9. The summed E-state index contributed by atoms with van der Waals surface area (Å²) in [4.78, 5) is 60.7. The average molecular weight is 552 g/mol. The Hall–Kier alpha value is -3.83. The average Bonchev–Trinajstić information content (AvgIpc) is 2.82. The van der Waals surface area contributed by atoms with Crippen LogP contribution in [0.25, 0.3) is 0 Å². The minimum absolute atomic E-state index is 0.0135. The zero-order valence-corrected chi connectivity index (χ0v) is 23.4. The van der Waals surface area contributed by atoms with E-state index in [1.54, 1.807) is 46.8 Å². The highest BCUT2D eigenvalue weighted by molar-refractivity contribution is 5.96. The lowest BCUT2D eigenvalue weighted by atomic mass is 10.0. The predicted molar refractivity (Wildman–Crippen MR) is 142 cm³/mol. The molecule has 0 aliphatic rings. The number of hydrogen-bond donors (Lipinski definition) is 5. The first-order valence-corrected chi connectivity index (χ1v) is 12.9. The second kappa shape index (κ2) is 15.6. The fraction of sp³-hybridized carbons (Fsp3) is 0.593. The maximum Gasteiger partial charge on any atom is 0.408 e. The second-order valence-corrected chi connectivity index (χ2v) is 10.4. The molecular formula is C27H41N3O9. The molecule has 0 spiro atoms. The molecule has 0 bridgehead atoms. The summed E-state index contributed by atoms with van der Waals surface area (Å²) in [5.41, 5.74) is -0.159. The molecule has 5 N–H and O–H groups in total. The van der Waals surface area contributed by atoms with Gasteiger partial charge in [0.05, 0.1) is 0 Å². The zero-order chi connectivity index (χ0) is 29.8. The van der Waals surface area contributed by atoms with Crippen LogP contribution in [0.2, 0.25) is 0 Å². The number of carbonyl (C=O) groups excluding carboxylic acids is 3. The summed E-state index contributed by atoms with van der Waals surface area (Å²) in [5.74, 6) is -4.55. The Labute approximate surface area is 228 Å². The van der Waals surface area contributed by atoms with Crippen molar-refractivity contribution in [2.24, 2.45) is 5.92 Å². The lowest BCUT2D eigenvalue weighted by Gasteiger charge is -2.27. The minimum atomic E-state index is -2.07. The lowest BCUT2D eigenvalue weighted by Crippen LogP contribution is -2.56. The number of carboxylic acid groups (broad SMARTS) is 2. The van der Waals surface area contributed by atoms with Gasteiger partial charge in [0, 0.05) is 13.0 Å². The number of carbonyl (C=O) groups is 5. The Morgan fingerprint density at radius 2 is 1.49 bits per heavy atom. The van der Waals surface area contributed by atoms with E-state index in [1.807, 2.05) is 6.92 Å². The summed E-state index contributed by atoms with van der Waals surface area (Å²) in [7, 11) is 0. The predicted octanol–water partition coefficient (Wildman–Crippen LogP) is 2.49. The van der Waals surface area contributed by atoms with Gasteiger partial charge in [0.25, 0.3) is 6.10 Å². The van der Waals surface area contributed by atoms with Crippen LogP contribution in [0.4, 0.5) is 4.79 Å². The van der Waals surface area contributed by atoms with Crippen LogP contribution in [-0.2, 0) is 30.3 Å². The van der Waals surface area contributed by atoms with Crippen molar-refractivity contribution < 1.29 is 43.7 Å². The van der Waals surface area contributed by atoms with Crippen LogP contribution >= 0.6 is 0 Å². The molecule has 1 aromatic rings. The van der Waals surface area contributed by atoms with E-state index in [9.17, 15) is 24.0 Å². The van der Waals surface area contributed by atoms with Gasteiger partial charge in [-0.2, -0.15) is 0 Å². The van der Waals surface area contributed by atoms with E-state index < -0.39 is 53.6 Å². The summed E-state index contributed by atoms with van der Waals surface area (Å²) in [6.07, 6.45) is -0.0680. The number of rotatable bonds is 15. The number of carboxylic acids is 2. The van der Waals surface area contributed by atoms with Gasteiger partial charge in [-0.15, -0.1) is 0 Å². The van der Waals surface area contributed by atoms with Crippen molar-refractivity contribution >= 4 is 29.8 Å². The lowest BCUT2D eigenvalue weighted by molar-refractivity contribution is -0.159. The number of ether oxygens (including phenoxy) is 2. The van der Waals surface area contributed by atoms with E-state index in [-0.39, 0.29) is 18.1 Å². The van der Waals surface area contributed by atoms with Crippen molar-refractivity contribution in [1.82, 2.24) is 16.0 Å². The van der Waals surface area contributed by atoms with Crippen LogP contribution in [0.15, 0.2) is 24.3 Å². The van der Waals surface area contributed by atoms with Crippen LogP contribution in [0.3, 0.4) is 0 Å². The van der Waals surface area contributed by atoms with Gasteiger partial charge >= 0.3 is 18.0 Å². The van der Waals surface area contributed by atoms with Gasteiger partial charge in [0.15, 0.2) is 0 Å².